The zero-order valence-corrected chi connectivity index (χ0v) is 36.7. The van der Waals surface area contributed by atoms with Gasteiger partial charge in [0.05, 0.1) is 16.8 Å². The van der Waals surface area contributed by atoms with Crippen LogP contribution in [0.25, 0.3) is 33.4 Å². The molecule has 1 unspecified atom stereocenters. The quantitative estimate of drug-likeness (QED) is 0.0270. The molecule has 13 heteroatoms. The van der Waals surface area contributed by atoms with Crippen molar-refractivity contribution in [2.75, 3.05) is 36.3 Å². The second kappa shape index (κ2) is 19.8. The third-order valence-electron chi connectivity index (χ3n) is 10.4. The van der Waals surface area contributed by atoms with Crippen LogP contribution in [0.4, 0.5) is 5.69 Å². The normalized spacial score (nSPS) is 13.2. The van der Waals surface area contributed by atoms with Crippen molar-refractivity contribution < 1.29 is 25.8 Å². The molecule has 0 amide bonds. The lowest BCUT2D eigenvalue weighted by Gasteiger charge is -2.24. The van der Waals surface area contributed by atoms with E-state index in [1.54, 1.807) is 23.5 Å². The summed E-state index contributed by atoms with van der Waals surface area (Å²) < 4.78 is 76.1. The maximum Gasteiger partial charge on any atom is 0.295 e. The van der Waals surface area contributed by atoms with Crippen LogP contribution in [0.5, 0.6) is 0 Å². The van der Waals surface area contributed by atoms with E-state index < -0.39 is 25.0 Å². The summed E-state index contributed by atoms with van der Waals surface area (Å²) in [7, 11) is -9.02. The van der Waals surface area contributed by atoms with Gasteiger partial charge < -0.3 is 9.32 Å². The first kappa shape index (κ1) is 43.5. The van der Waals surface area contributed by atoms with Crippen molar-refractivity contribution in [2.45, 2.75) is 73.0 Å². The SMILES string of the molecule is CCCCC(CC)CNS(=O)(=O)c1ccc(-c2c3cc/c(=[N+](\CC)CSc4ccccc4)cc-3oc3cc(N(CC)CSc4ccccc4)ccc23)c(S(=O)(=O)O)c1. The Balaban J connectivity index is 1.50. The van der Waals surface area contributed by atoms with Crippen LogP contribution in [0.15, 0.2) is 139 Å². The number of rotatable bonds is 19. The summed E-state index contributed by atoms with van der Waals surface area (Å²) in [4.78, 5) is 3.79. The number of fused-ring (bicyclic) bond motifs is 2. The van der Waals surface area contributed by atoms with Crippen molar-refractivity contribution in [3.8, 4) is 22.5 Å². The molecule has 58 heavy (non-hydrogen) atoms. The average molecular weight is 859 g/mol. The van der Waals surface area contributed by atoms with Gasteiger partial charge in [0.2, 0.25) is 15.4 Å². The number of hydrogen-bond donors (Lipinski definition) is 2. The van der Waals surface area contributed by atoms with Gasteiger partial charge in [-0.1, -0.05) is 87.3 Å². The number of sulfonamides is 1. The van der Waals surface area contributed by atoms with E-state index in [0.717, 1.165) is 65.7 Å². The molecule has 4 aromatic carbocycles. The molecule has 1 atom stereocenters. The van der Waals surface area contributed by atoms with Crippen LogP contribution >= 0.6 is 23.5 Å². The van der Waals surface area contributed by atoms with E-state index in [1.165, 1.54) is 12.1 Å². The Bertz CT molecular complexity index is 2580. The van der Waals surface area contributed by atoms with E-state index in [-0.39, 0.29) is 22.9 Å². The van der Waals surface area contributed by atoms with Gasteiger partial charge in [-0.2, -0.15) is 8.42 Å². The van der Waals surface area contributed by atoms with Gasteiger partial charge in [-0.3, -0.25) is 4.55 Å². The minimum absolute atomic E-state index is 0.150. The van der Waals surface area contributed by atoms with Gasteiger partial charge in [-0.25, -0.2) is 17.7 Å². The van der Waals surface area contributed by atoms with E-state index >= 15 is 0 Å². The van der Waals surface area contributed by atoms with Crippen molar-refractivity contribution in [1.29, 1.82) is 0 Å². The Kier molecular flexibility index (Phi) is 14.8. The van der Waals surface area contributed by atoms with Crippen LogP contribution < -0.4 is 19.6 Å². The van der Waals surface area contributed by atoms with E-state index in [1.807, 2.05) is 79.7 Å². The highest BCUT2D eigenvalue weighted by molar-refractivity contribution is 7.99. The molecule has 2 aliphatic rings. The fourth-order valence-corrected chi connectivity index (χ4v) is 10.8. The number of nitrogens with zero attached hydrogens (tertiary/aromatic N) is 2. The summed E-state index contributed by atoms with van der Waals surface area (Å²) in [5, 5.41) is 1.54. The lowest BCUT2D eigenvalue weighted by atomic mass is 9.93. The van der Waals surface area contributed by atoms with E-state index in [2.05, 4.69) is 59.2 Å². The number of benzene rings is 5. The van der Waals surface area contributed by atoms with Crippen molar-refractivity contribution in [2.24, 2.45) is 5.92 Å². The molecule has 0 saturated heterocycles. The lowest BCUT2D eigenvalue weighted by molar-refractivity contribution is 0.443. The Morgan fingerprint density at radius 2 is 1.48 bits per heavy atom. The lowest BCUT2D eigenvalue weighted by Crippen LogP contribution is -2.29. The summed E-state index contributed by atoms with van der Waals surface area (Å²) in [6, 6.07) is 36.0. The number of anilines is 1. The summed E-state index contributed by atoms with van der Waals surface area (Å²) >= 11 is 3.45. The minimum Gasteiger partial charge on any atom is -0.456 e. The Hall–Kier alpha value is -4.11. The second-order valence-corrected chi connectivity index (χ2v) is 19.3. The fraction of sp³-hybridized carbons (Fsp3) is 0.311. The third-order valence-corrected chi connectivity index (χ3v) is 14.8. The van der Waals surface area contributed by atoms with Crippen molar-refractivity contribution in [1.82, 2.24) is 9.30 Å². The van der Waals surface area contributed by atoms with Gasteiger partial charge in [0, 0.05) is 62.8 Å². The predicted octanol–water partition coefficient (Wildman–Crippen LogP) is 10.1. The maximum atomic E-state index is 13.6. The molecule has 1 aliphatic heterocycles. The first-order chi connectivity index (χ1) is 27.9. The van der Waals surface area contributed by atoms with Crippen LogP contribution in [-0.4, -0.2) is 52.8 Å². The zero-order chi connectivity index (χ0) is 41.3. The molecule has 2 N–H and O–H groups in total. The minimum atomic E-state index is -4.91. The first-order valence-corrected chi connectivity index (χ1v) is 24.7. The fourth-order valence-electron chi connectivity index (χ4n) is 6.93. The van der Waals surface area contributed by atoms with Crippen LogP contribution in [0.3, 0.4) is 0 Å². The highest BCUT2D eigenvalue weighted by Crippen LogP contribution is 2.43. The van der Waals surface area contributed by atoms with Crippen LogP contribution in [-0.2, 0) is 20.1 Å². The molecule has 1 heterocycles. The van der Waals surface area contributed by atoms with E-state index in [9.17, 15) is 21.4 Å². The van der Waals surface area contributed by atoms with Gasteiger partial charge in [-0.15, -0.1) is 11.8 Å². The summed E-state index contributed by atoms with van der Waals surface area (Å²) in [6.07, 6.45) is 3.69. The Labute approximate surface area is 351 Å². The number of unbranched alkanes of at least 4 members (excludes halogenated alkanes) is 1. The van der Waals surface area contributed by atoms with E-state index in [0.29, 0.717) is 39.6 Å². The van der Waals surface area contributed by atoms with Crippen molar-refractivity contribution in [3.63, 3.8) is 0 Å². The topological polar surface area (TPSA) is 120 Å². The molecule has 0 spiro atoms. The van der Waals surface area contributed by atoms with E-state index in [4.69, 9.17) is 4.42 Å². The van der Waals surface area contributed by atoms with Crippen molar-refractivity contribution >= 4 is 60.3 Å². The molecule has 1 aliphatic carbocycles. The molecule has 0 saturated carbocycles. The highest BCUT2D eigenvalue weighted by atomic mass is 32.2. The highest BCUT2D eigenvalue weighted by Gasteiger charge is 2.28. The van der Waals surface area contributed by atoms with Gasteiger partial charge in [0.1, 0.15) is 22.8 Å². The monoisotopic (exact) mass is 858 g/mol. The predicted molar refractivity (Wildman–Crippen MR) is 240 cm³/mol. The number of nitrogens with one attached hydrogen (secondary N) is 1. The molecule has 6 rings (SSSR count). The average Bonchev–Trinajstić information content (AvgIpc) is 3.23. The number of thioether (sulfide) groups is 2. The van der Waals surface area contributed by atoms with Crippen molar-refractivity contribution in [3.05, 3.63) is 121 Å². The summed E-state index contributed by atoms with van der Waals surface area (Å²) in [5.74, 6) is 2.04. The summed E-state index contributed by atoms with van der Waals surface area (Å²) in [5.41, 5.74) is 2.72. The molecule has 0 bridgehead atoms. The molecule has 9 nitrogen and oxygen atoms in total. The number of hydrogen-bond acceptors (Lipinski definition) is 8. The molecule has 0 fully saturated rings. The van der Waals surface area contributed by atoms with Crippen LogP contribution in [0, 0.1) is 5.92 Å². The molecular formula is C45H52N3O6S4+. The first-order valence-electron chi connectivity index (χ1n) is 19.8. The van der Waals surface area contributed by atoms with Gasteiger partial charge in [0.15, 0.2) is 5.88 Å². The Morgan fingerprint density at radius 3 is 2.12 bits per heavy atom. The van der Waals surface area contributed by atoms with Gasteiger partial charge >= 0.3 is 0 Å². The molecule has 0 aromatic heterocycles. The van der Waals surface area contributed by atoms with Crippen LogP contribution in [0.1, 0.15) is 53.4 Å². The summed E-state index contributed by atoms with van der Waals surface area (Å²) in [6.45, 7) is 10.0. The largest absolute Gasteiger partial charge is 0.456 e. The zero-order valence-electron chi connectivity index (χ0n) is 33.4. The van der Waals surface area contributed by atoms with Crippen LogP contribution in [0.2, 0.25) is 0 Å². The standard InChI is InChI=1S/C45H51N3O6S4/c1-5-9-16-33(6-2)30-46-57(49,50)38-23-26-41(44(29-38)58(51,52)53)45-39-24-21-34(47(7-3)31-55-36-17-12-10-13-18-36)27-42(39)54-43-28-35(22-25-40(43)45)48(8-4)32-56-37-19-14-11-15-20-37/h10-15,17-29,33,46H,5-9,16,30-32H2,1-4H3/p+1. The third kappa shape index (κ3) is 10.5. The smallest absolute Gasteiger partial charge is 0.295 e. The van der Waals surface area contributed by atoms with Gasteiger partial charge in [0.25, 0.3) is 10.1 Å². The molecular weight excluding hydrogens is 807 g/mol. The Morgan fingerprint density at radius 1 is 0.793 bits per heavy atom. The maximum absolute atomic E-state index is 13.6. The molecule has 306 valence electrons. The second-order valence-electron chi connectivity index (χ2n) is 14.1. The van der Waals surface area contributed by atoms with Gasteiger partial charge in [-0.05, 0) is 80.8 Å². The molecule has 4 aromatic rings. The molecule has 0 radical (unpaired) electrons.